The van der Waals surface area contributed by atoms with E-state index in [4.69, 9.17) is 11.6 Å². The summed E-state index contributed by atoms with van der Waals surface area (Å²) < 4.78 is 1.49. The van der Waals surface area contributed by atoms with Gasteiger partial charge in [0.1, 0.15) is 12.4 Å². The monoisotopic (exact) mass is 577 g/mol. The Hall–Kier alpha value is -4.09. The summed E-state index contributed by atoms with van der Waals surface area (Å²) in [7, 11) is 0. The van der Waals surface area contributed by atoms with Gasteiger partial charge in [0.15, 0.2) is 0 Å². The number of nitrogens with one attached hydrogen (secondary N) is 2. The highest BCUT2D eigenvalue weighted by atomic mass is 35.5. The lowest BCUT2D eigenvalue weighted by atomic mass is 9.74. The van der Waals surface area contributed by atoms with Crippen molar-refractivity contribution in [2.75, 3.05) is 25.0 Å². The number of tetrazole rings is 1. The van der Waals surface area contributed by atoms with Crippen molar-refractivity contribution < 1.29 is 19.5 Å². The molecule has 2 saturated heterocycles. The lowest BCUT2D eigenvalue weighted by Crippen LogP contribution is -2.57. The fraction of sp³-hybridized carbons (Fsp3) is 0.379. The van der Waals surface area contributed by atoms with Gasteiger partial charge in [-0.3, -0.25) is 9.59 Å². The third-order valence-corrected chi connectivity index (χ3v) is 8.21. The minimum atomic E-state index is -1.04. The molecule has 3 N–H and O–H groups in total. The number of anilines is 1. The van der Waals surface area contributed by atoms with E-state index in [9.17, 15) is 19.5 Å². The van der Waals surface area contributed by atoms with Crippen LogP contribution in [0.2, 0.25) is 5.02 Å². The van der Waals surface area contributed by atoms with Crippen LogP contribution >= 0.6 is 11.6 Å². The molecule has 3 atom stereocenters. The van der Waals surface area contributed by atoms with E-state index in [2.05, 4.69) is 26.2 Å². The minimum Gasteiger partial charge on any atom is -0.478 e. The first-order valence-corrected chi connectivity index (χ1v) is 14.0. The Balaban J connectivity index is 1.41. The van der Waals surface area contributed by atoms with Crippen LogP contribution in [0.4, 0.5) is 5.69 Å². The number of piperidine rings is 2. The fourth-order valence-corrected chi connectivity index (χ4v) is 6.13. The van der Waals surface area contributed by atoms with Crippen LogP contribution in [0.15, 0.2) is 54.9 Å². The smallest absolute Gasteiger partial charge is 0.335 e. The molecule has 0 aliphatic carbocycles. The maximum absolute atomic E-state index is 13.8. The van der Waals surface area contributed by atoms with Crippen molar-refractivity contribution in [3.05, 3.63) is 71.0 Å². The number of halogens is 1. The van der Waals surface area contributed by atoms with E-state index in [1.165, 1.54) is 29.2 Å². The maximum Gasteiger partial charge on any atom is 0.335 e. The maximum atomic E-state index is 13.8. The summed E-state index contributed by atoms with van der Waals surface area (Å²) in [5.41, 5.74) is 1.91. The molecule has 2 aromatic carbocycles. The number of aromatic carboxylic acids is 1. The molecule has 2 fully saturated rings. The summed E-state index contributed by atoms with van der Waals surface area (Å²) in [6, 6.07) is 10.5. The second-order valence-corrected chi connectivity index (χ2v) is 11.1. The first-order valence-electron chi connectivity index (χ1n) is 13.7. The molecule has 0 unspecified atom stereocenters. The fourth-order valence-electron chi connectivity index (χ4n) is 5.95. The zero-order chi connectivity index (χ0) is 28.9. The number of carbonyl (C=O) groups excluding carboxylic acids is 2. The highest BCUT2D eigenvalue weighted by Gasteiger charge is 2.42. The molecule has 3 aromatic rings. The molecule has 1 aromatic heterocycles. The van der Waals surface area contributed by atoms with Gasteiger partial charge >= 0.3 is 5.97 Å². The average Bonchev–Trinajstić information content (AvgIpc) is 3.51. The molecule has 41 heavy (non-hydrogen) atoms. The number of aromatic nitrogens is 4. The molecule has 0 bridgehead atoms. The molecular formula is C29H32ClN7O4. The number of hydrogen-bond acceptors (Lipinski definition) is 7. The first-order chi connectivity index (χ1) is 19.8. The number of amides is 2. The molecule has 11 nitrogen and oxygen atoms in total. The van der Waals surface area contributed by atoms with Crippen molar-refractivity contribution in [2.45, 2.75) is 32.2 Å². The third kappa shape index (κ3) is 6.63. The Morgan fingerprint density at radius 2 is 1.85 bits per heavy atom. The van der Waals surface area contributed by atoms with E-state index < -0.39 is 12.0 Å². The topological polar surface area (TPSA) is 142 Å². The number of hydrogen-bond donors (Lipinski definition) is 3. The normalized spacial score (nSPS) is 21.6. The van der Waals surface area contributed by atoms with Crippen molar-refractivity contribution in [3.63, 3.8) is 0 Å². The highest BCUT2D eigenvalue weighted by Crippen LogP contribution is 2.36. The zero-order valence-corrected chi connectivity index (χ0v) is 23.4. The van der Waals surface area contributed by atoms with Crippen molar-refractivity contribution >= 4 is 41.1 Å². The SMILES string of the molecule is C[C@@H]1C[C@H](C2CCNCC2)CN(C(=O)C=Cc2cc(Cl)ccc2-n2cnnn2)[C@@H]1C(=O)Nc1ccc(C(=O)O)cc1. The number of nitrogens with zero attached hydrogens (tertiary/aromatic N) is 5. The van der Waals surface area contributed by atoms with Crippen LogP contribution in [0, 0.1) is 17.8 Å². The van der Waals surface area contributed by atoms with Gasteiger partial charge < -0.3 is 20.6 Å². The van der Waals surface area contributed by atoms with E-state index in [0.717, 1.165) is 32.4 Å². The van der Waals surface area contributed by atoms with Crippen LogP contribution in [-0.4, -0.2) is 73.7 Å². The second kappa shape index (κ2) is 12.6. The van der Waals surface area contributed by atoms with Crippen LogP contribution in [0.3, 0.4) is 0 Å². The van der Waals surface area contributed by atoms with Gasteiger partial charge in [0.2, 0.25) is 11.8 Å². The van der Waals surface area contributed by atoms with Crippen molar-refractivity contribution in [2.24, 2.45) is 17.8 Å². The van der Waals surface area contributed by atoms with Crippen molar-refractivity contribution in [3.8, 4) is 5.69 Å². The lowest BCUT2D eigenvalue weighted by Gasteiger charge is -2.45. The number of carbonyl (C=O) groups is 3. The Morgan fingerprint density at radius 3 is 2.54 bits per heavy atom. The second-order valence-electron chi connectivity index (χ2n) is 10.7. The Labute approximate surface area is 242 Å². The van der Waals surface area contributed by atoms with Crippen LogP contribution in [0.1, 0.15) is 42.1 Å². The molecule has 0 radical (unpaired) electrons. The third-order valence-electron chi connectivity index (χ3n) is 7.97. The zero-order valence-electron chi connectivity index (χ0n) is 22.6. The number of benzene rings is 2. The quantitative estimate of drug-likeness (QED) is 0.362. The van der Waals surface area contributed by atoms with Crippen molar-refractivity contribution in [1.82, 2.24) is 30.4 Å². The molecule has 12 heteroatoms. The summed E-state index contributed by atoms with van der Waals surface area (Å²) in [6.07, 6.45) is 7.52. The Bertz CT molecular complexity index is 1420. The minimum absolute atomic E-state index is 0.0813. The van der Waals surface area contributed by atoms with E-state index >= 15 is 0 Å². The molecule has 2 aliphatic heterocycles. The van der Waals surface area contributed by atoms with Gasteiger partial charge in [-0.25, -0.2) is 4.79 Å². The van der Waals surface area contributed by atoms with E-state index in [0.29, 0.717) is 34.4 Å². The number of carboxylic acids is 1. The predicted octanol–water partition coefficient (Wildman–Crippen LogP) is 3.52. The summed E-state index contributed by atoms with van der Waals surface area (Å²) in [4.78, 5) is 40.3. The Morgan fingerprint density at radius 1 is 1.10 bits per heavy atom. The molecule has 214 valence electrons. The molecule has 3 heterocycles. The molecule has 2 aliphatic rings. The number of carboxylic acid groups (broad SMARTS) is 1. The van der Waals surface area contributed by atoms with Gasteiger partial charge in [0.05, 0.1) is 11.3 Å². The van der Waals surface area contributed by atoms with Crippen LogP contribution in [0.25, 0.3) is 11.8 Å². The molecule has 0 saturated carbocycles. The van der Waals surface area contributed by atoms with Gasteiger partial charge in [-0.15, -0.1) is 5.10 Å². The number of likely N-dealkylation sites (tertiary alicyclic amines) is 1. The molecule has 0 spiro atoms. The van der Waals surface area contributed by atoms with Crippen LogP contribution in [-0.2, 0) is 9.59 Å². The number of rotatable bonds is 7. The van der Waals surface area contributed by atoms with Crippen molar-refractivity contribution in [1.29, 1.82) is 0 Å². The molecular weight excluding hydrogens is 546 g/mol. The van der Waals surface area contributed by atoms with Crippen LogP contribution in [0.5, 0.6) is 0 Å². The lowest BCUT2D eigenvalue weighted by molar-refractivity contribution is -0.141. The van der Waals surface area contributed by atoms with E-state index in [1.54, 1.807) is 41.3 Å². The molecule has 5 rings (SSSR count). The van der Waals surface area contributed by atoms with Gasteiger partial charge in [-0.05, 0) is 109 Å². The van der Waals surface area contributed by atoms with Gasteiger partial charge in [-0.2, -0.15) is 4.68 Å². The van der Waals surface area contributed by atoms with Crippen LogP contribution < -0.4 is 10.6 Å². The highest BCUT2D eigenvalue weighted by molar-refractivity contribution is 6.30. The summed E-state index contributed by atoms with van der Waals surface area (Å²) in [5.74, 6) is -0.944. The molecule has 2 amide bonds. The predicted molar refractivity (Wildman–Crippen MR) is 154 cm³/mol. The van der Waals surface area contributed by atoms with Gasteiger partial charge in [0, 0.05) is 28.9 Å². The summed E-state index contributed by atoms with van der Waals surface area (Å²) in [5, 5.41) is 27.3. The van der Waals surface area contributed by atoms with Gasteiger partial charge in [-0.1, -0.05) is 18.5 Å². The first kappa shape index (κ1) is 28.4. The standard InChI is InChI=1S/C29H32ClN7O4/c1-18-14-22(19-10-12-31-13-11-19)16-36(27(18)28(39)33-24-6-2-20(3-7-24)29(40)41)26(38)9-4-21-15-23(30)5-8-25(21)37-17-32-34-35-37/h2-9,15,17-19,22,27,31H,10-14,16H2,1H3,(H,33,39)(H,40,41)/t18-,22+,27+/m1/s1. The average molecular weight is 578 g/mol. The van der Waals surface area contributed by atoms with Gasteiger partial charge in [0.25, 0.3) is 0 Å². The summed E-state index contributed by atoms with van der Waals surface area (Å²) >= 11 is 6.25. The summed E-state index contributed by atoms with van der Waals surface area (Å²) in [6.45, 7) is 4.40. The Kier molecular flexibility index (Phi) is 8.75. The van der Waals surface area contributed by atoms with E-state index in [1.807, 2.05) is 6.92 Å². The van der Waals surface area contributed by atoms with E-state index in [-0.39, 0.29) is 29.2 Å². The largest absolute Gasteiger partial charge is 0.478 e.